The molecule has 1 saturated heterocycles. The first kappa shape index (κ1) is 24.4. The molecule has 198 valence electrons. The molecule has 38 heavy (non-hydrogen) atoms. The topological polar surface area (TPSA) is 146 Å². The van der Waals surface area contributed by atoms with Crippen molar-refractivity contribution in [2.24, 2.45) is 11.7 Å². The summed E-state index contributed by atoms with van der Waals surface area (Å²) in [6.45, 7) is 0.815. The molecule has 6 rings (SSSR count). The summed E-state index contributed by atoms with van der Waals surface area (Å²) in [4.78, 5) is 24.3. The molecule has 2 atom stereocenters. The highest BCUT2D eigenvalue weighted by molar-refractivity contribution is 5.99. The molecule has 0 radical (unpaired) electrons. The zero-order valence-corrected chi connectivity index (χ0v) is 21.3. The number of rotatable bonds is 8. The largest absolute Gasteiger partial charge is 0.494 e. The maximum absolute atomic E-state index is 12.2. The Bertz CT molecular complexity index is 1370. The molecule has 4 N–H and O–H groups in total. The van der Waals surface area contributed by atoms with Gasteiger partial charge in [-0.05, 0) is 51.0 Å². The smallest absolute Gasteiger partial charge is 0.271 e. The van der Waals surface area contributed by atoms with Crippen LogP contribution in [-0.4, -0.2) is 51.1 Å². The van der Waals surface area contributed by atoms with Gasteiger partial charge < -0.3 is 25.8 Å². The van der Waals surface area contributed by atoms with Crippen LogP contribution in [0.15, 0.2) is 36.7 Å². The average molecular weight is 518 g/mol. The summed E-state index contributed by atoms with van der Waals surface area (Å²) in [7, 11) is 1.59. The first-order chi connectivity index (χ1) is 18.5. The van der Waals surface area contributed by atoms with Crippen LogP contribution < -0.4 is 21.1 Å². The molecule has 2 aromatic heterocycles. The molecule has 0 bridgehead atoms. The lowest BCUT2D eigenvalue weighted by atomic mass is 9.94. The Labute approximate surface area is 220 Å². The second-order valence-corrected chi connectivity index (χ2v) is 10.3. The van der Waals surface area contributed by atoms with Crippen molar-refractivity contribution in [1.29, 1.82) is 0 Å². The lowest BCUT2D eigenvalue weighted by Gasteiger charge is -2.30. The fourth-order valence-electron chi connectivity index (χ4n) is 5.76. The van der Waals surface area contributed by atoms with Crippen molar-refractivity contribution < 1.29 is 19.1 Å². The van der Waals surface area contributed by atoms with Gasteiger partial charge in [0.25, 0.3) is 5.91 Å². The Hall–Kier alpha value is -3.99. The van der Waals surface area contributed by atoms with E-state index >= 15 is 0 Å². The molecule has 2 aliphatic carbocycles. The van der Waals surface area contributed by atoms with Crippen molar-refractivity contribution in [1.82, 2.24) is 20.0 Å². The summed E-state index contributed by atoms with van der Waals surface area (Å²) in [6, 6.07) is 7.46. The minimum absolute atomic E-state index is 0.000983. The van der Waals surface area contributed by atoms with E-state index in [4.69, 9.17) is 20.3 Å². The SMILES string of the molecule is COc1c(Nc2cc(NC(=O)C3CC3)nnc2C(N)=O)cccc1-c1cnn([C@@H]2CCC[C@@]23CCCO3)c1. The number of nitrogens with one attached hydrogen (secondary N) is 2. The van der Waals surface area contributed by atoms with Gasteiger partial charge >= 0.3 is 0 Å². The van der Waals surface area contributed by atoms with E-state index in [9.17, 15) is 9.59 Å². The van der Waals surface area contributed by atoms with Crippen LogP contribution in [0.3, 0.4) is 0 Å². The zero-order chi connectivity index (χ0) is 26.3. The third-order valence-electron chi connectivity index (χ3n) is 7.77. The summed E-state index contributed by atoms with van der Waals surface area (Å²) >= 11 is 0. The number of ether oxygens (including phenoxy) is 2. The number of methoxy groups -OCH3 is 1. The summed E-state index contributed by atoms with van der Waals surface area (Å²) < 4.78 is 14.1. The standard InChI is InChI=1S/C27H31N7O4/c1-37-24-18(17-14-29-34(15-17)21-7-3-10-27(21)11-4-12-38-27)5-2-6-19(24)30-20-13-22(31-26(36)16-8-9-16)32-33-23(20)25(28)35/h2,5-6,13-16,21H,3-4,7-12H2,1H3,(H2,28,35)(H2,30,31,32,36)/t21-,27-/m1/s1. The first-order valence-corrected chi connectivity index (χ1v) is 13.1. The summed E-state index contributed by atoms with van der Waals surface area (Å²) in [5.74, 6) is -0.0376. The molecule has 2 amide bonds. The van der Waals surface area contributed by atoms with Crippen LogP contribution in [-0.2, 0) is 9.53 Å². The number of primary amides is 1. The van der Waals surface area contributed by atoms with Crippen LogP contribution in [0.1, 0.15) is 61.5 Å². The number of benzene rings is 1. The van der Waals surface area contributed by atoms with E-state index < -0.39 is 5.91 Å². The molecular weight excluding hydrogens is 486 g/mol. The van der Waals surface area contributed by atoms with Crippen molar-refractivity contribution >= 4 is 29.0 Å². The van der Waals surface area contributed by atoms with Crippen LogP contribution in [0.25, 0.3) is 11.1 Å². The van der Waals surface area contributed by atoms with E-state index in [1.807, 2.05) is 29.1 Å². The van der Waals surface area contributed by atoms with Gasteiger partial charge in [0.2, 0.25) is 5.91 Å². The van der Waals surface area contributed by atoms with Gasteiger partial charge in [-0.25, -0.2) is 0 Å². The predicted octanol–water partition coefficient (Wildman–Crippen LogP) is 3.81. The van der Waals surface area contributed by atoms with E-state index in [1.54, 1.807) is 13.2 Å². The molecule has 3 aromatic rings. The number of hydrogen-bond donors (Lipinski definition) is 3. The monoisotopic (exact) mass is 517 g/mol. The van der Waals surface area contributed by atoms with Crippen LogP contribution in [0.2, 0.25) is 0 Å². The number of para-hydroxylation sites is 1. The van der Waals surface area contributed by atoms with Crippen LogP contribution in [0.4, 0.5) is 17.2 Å². The molecule has 3 fully saturated rings. The van der Waals surface area contributed by atoms with E-state index in [0.29, 0.717) is 17.1 Å². The first-order valence-electron chi connectivity index (χ1n) is 13.1. The van der Waals surface area contributed by atoms with Gasteiger partial charge in [-0.2, -0.15) is 5.10 Å². The molecule has 1 spiro atoms. The average Bonchev–Trinajstić information content (AvgIpc) is 3.28. The number of anilines is 3. The van der Waals surface area contributed by atoms with Crippen molar-refractivity contribution in [3.05, 3.63) is 42.4 Å². The molecule has 0 unspecified atom stereocenters. The van der Waals surface area contributed by atoms with Gasteiger partial charge in [-0.15, -0.1) is 10.2 Å². The highest BCUT2D eigenvalue weighted by Gasteiger charge is 2.47. The normalized spacial score (nSPS) is 22.5. The minimum atomic E-state index is -0.740. The van der Waals surface area contributed by atoms with E-state index in [-0.39, 0.29) is 35.0 Å². The lowest BCUT2D eigenvalue weighted by Crippen LogP contribution is -2.34. The molecule has 2 saturated carbocycles. The van der Waals surface area contributed by atoms with Crippen molar-refractivity contribution in [3.8, 4) is 16.9 Å². The van der Waals surface area contributed by atoms with E-state index in [1.165, 1.54) is 0 Å². The highest BCUT2D eigenvalue weighted by atomic mass is 16.5. The predicted molar refractivity (Wildman–Crippen MR) is 140 cm³/mol. The number of carbonyl (C=O) groups is 2. The Morgan fingerprint density at radius 1 is 1.16 bits per heavy atom. The number of aromatic nitrogens is 4. The second kappa shape index (κ2) is 9.71. The molecule has 11 heteroatoms. The Balaban J connectivity index is 1.30. The van der Waals surface area contributed by atoms with Crippen molar-refractivity contribution in [2.75, 3.05) is 24.4 Å². The third-order valence-corrected chi connectivity index (χ3v) is 7.77. The quantitative estimate of drug-likeness (QED) is 0.409. The Morgan fingerprint density at radius 2 is 2.00 bits per heavy atom. The van der Waals surface area contributed by atoms with Crippen LogP contribution in [0, 0.1) is 5.92 Å². The summed E-state index contributed by atoms with van der Waals surface area (Å²) in [5.41, 5.74) is 8.07. The zero-order valence-electron chi connectivity index (χ0n) is 21.3. The summed E-state index contributed by atoms with van der Waals surface area (Å²) in [6.07, 6.45) is 11.0. The van der Waals surface area contributed by atoms with E-state index in [0.717, 1.165) is 62.7 Å². The number of carbonyl (C=O) groups excluding carboxylic acids is 2. The molecule has 11 nitrogen and oxygen atoms in total. The van der Waals surface area contributed by atoms with Gasteiger partial charge in [0.15, 0.2) is 11.5 Å². The van der Waals surface area contributed by atoms with Crippen LogP contribution >= 0.6 is 0 Å². The number of nitrogens with zero attached hydrogens (tertiary/aromatic N) is 4. The Morgan fingerprint density at radius 3 is 2.74 bits per heavy atom. The van der Waals surface area contributed by atoms with Gasteiger partial charge in [-0.3, -0.25) is 14.3 Å². The second-order valence-electron chi connectivity index (χ2n) is 10.3. The minimum Gasteiger partial charge on any atom is -0.494 e. The van der Waals surface area contributed by atoms with Crippen molar-refractivity contribution in [2.45, 2.75) is 56.6 Å². The molecule has 3 heterocycles. The maximum Gasteiger partial charge on any atom is 0.271 e. The van der Waals surface area contributed by atoms with Crippen molar-refractivity contribution in [3.63, 3.8) is 0 Å². The molecule has 1 aromatic carbocycles. The van der Waals surface area contributed by atoms with Gasteiger partial charge in [-0.1, -0.05) is 12.1 Å². The summed E-state index contributed by atoms with van der Waals surface area (Å²) in [5, 5.41) is 18.6. The molecule has 1 aliphatic heterocycles. The molecular formula is C27H31N7O4. The van der Waals surface area contributed by atoms with Gasteiger partial charge in [0.05, 0.1) is 36.3 Å². The fraction of sp³-hybridized carbons (Fsp3) is 0.444. The number of hydrogen-bond acceptors (Lipinski definition) is 8. The third kappa shape index (κ3) is 4.47. The number of nitrogens with two attached hydrogens (primary N) is 1. The van der Waals surface area contributed by atoms with Gasteiger partial charge in [0, 0.05) is 35.9 Å². The fourth-order valence-corrected chi connectivity index (χ4v) is 5.76. The number of amides is 2. The highest BCUT2D eigenvalue weighted by Crippen LogP contribution is 2.48. The Kier molecular flexibility index (Phi) is 6.22. The molecule has 3 aliphatic rings. The van der Waals surface area contributed by atoms with E-state index in [2.05, 4.69) is 27.0 Å². The maximum atomic E-state index is 12.2. The van der Waals surface area contributed by atoms with Crippen LogP contribution in [0.5, 0.6) is 5.75 Å². The van der Waals surface area contributed by atoms with Gasteiger partial charge in [0.1, 0.15) is 5.75 Å². The lowest BCUT2D eigenvalue weighted by molar-refractivity contribution is -0.117.